The van der Waals surface area contributed by atoms with E-state index in [0.717, 1.165) is 37.9 Å². The Kier molecular flexibility index (Phi) is 4.47. The van der Waals surface area contributed by atoms with Crippen molar-refractivity contribution in [3.05, 3.63) is 118 Å². The minimum atomic E-state index is 0.694. The molecule has 0 fully saturated rings. The Morgan fingerprint density at radius 2 is 1.48 bits per heavy atom. The zero-order valence-corrected chi connectivity index (χ0v) is 15.5. The van der Waals surface area contributed by atoms with E-state index in [4.69, 9.17) is 0 Å². The Labute approximate surface area is 159 Å². The van der Waals surface area contributed by atoms with Crippen LogP contribution in [0.25, 0.3) is 22.6 Å². The molecule has 0 N–H and O–H groups in total. The highest BCUT2D eigenvalue weighted by atomic mass is 16.5. The Morgan fingerprint density at radius 1 is 0.815 bits per heavy atom. The lowest BCUT2D eigenvalue weighted by Crippen LogP contribution is -2.31. The van der Waals surface area contributed by atoms with E-state index in [9.17, 15) is 5.21 Å². The van der Waals surface area contributed by atoms with Crippen molar-refractivity contribution in [3.63, 3.8) is 0 Å². The molecule has 0 spiro atoms. The molecule has 2 heteroatoms. The standard InChI is InChI=1S/C25H21NO/c1-18-15-22-14-13-19(2)26(27)25(22)24(16-18)23(21-11-7-4-8-12-21)17-20-9-5-3-6-10-20/h3-17H,1-2H3/b23-17+. The highest BCUT2D eigenvalue weighted by molar-refractivity contribution is 6.00. The van der Waals surface area contributed by atoms with Crippen LogP contribution in [0.5, 0.6) is 0 Å². The van der Waals surface area contributed by atoms with Crippen LogP contribution in [-0.2, 0) is 0 Å². The summed E-state index contributed by atoms with van der Waals surface area (Å²) in [4.78, 5) is 0. The summed E-state index contributed by atoms with van der Waals surface area (Å²) in [5.74, 6) is 0. The second kappa shape index (κ2) is 7.08. The molecule has 27 heavy (non-hydrogen) atoms. The van der Waals surface area contributed by atoms with E-state index in [1.807, 2.05) is 55.5 Å². The van der Waals surface area contributed by atoms with Crippen molar-refractivity contribution >= 4 is 22.6 Å². The molecule has 0 saturated carbocycles. The van der Waals surface area contributed by atoms with E-state index in [-0.39, 0.29) is 0 Å². The second-order valence-electron chi connectivity index (χ2n) is 6.85. The van der Waals surface area contributed by atoms with E-state index < -0.39 is 0 Å². The van der Waals surface area contributed by atoms with Crippen LogP contribution >= 0.6 is 0 Å². The first kappa shape index (κ1) is 17.0. The fraction of sp³-hybridized carbons (Fsp3) is 0.0800. The highest BCUT2D eigenvalue weighted by Crippen LogP contribution is 2.31. The average Bonchev–Trinajstić information content (AvgIpc) is 2.70. The summed E-state index contributed by atoms with van der Waals surface area (Å²) in [7, 11) is 0. The molecule has 132 valence electrons. The zero-order valence-electron chi connectivity index (χ0n) is 15.5. The second-order valence-corrected chi connectivity index (χ2v) is 6.85. The van der Waals surface area contributed by atoms with Crippen LogP contribution < -0.4 is 4.73 Å². The lowest BCUT2D eigenvalue weighted by Gasteiger charge is -2.14. The molecule has 0 aliphatic heterocycles. The predicted octanol–water partition coefficient (Wildman–Crippen LogP) is 5.68. The average molecular weight is 351 g/mol. The molecule has 4 aromatic rings. The molecule has 0 bridgehead atoms. The Hall–Kier alpha value is -3.39. The number of fused-ring (bicyclic) bond motifs is 1. The van der Waals surface area contributed by atoms with Crippen molar-refractivity contribution in [2.45, 2.75) is 13.8 Å². The van der Waals surface area contributed by atoms with Crippen LogP contribution in [0.4, 0.5) is 0 Å². The molecule has 0 radical (unpaired) electrons. The van der Waals surface area contributed by atoms with Crippen LogP contribution in [0.1, 0.15) is 27.9 Å². The summed E-state index contributed by atoms with van der Waals surface area (Å²) < 4.78 is 1.05. The molecule has 3 aromatic carbocycles. The quantitative estimate of drug-likeness (QED) is 0.265. The third-order valence-corrected chi connectivity index (χ3v) is 4.80. The molecule has 1 aromatic heterocycles. The van der Waals surface area contributed by atoms with Gasteiger partial charge in [0.05, 0.1) is 5.56 Å². The van der Waals surface area contributed by atoms with Crippen LogP contribution in [0.2, 0.25) is 0 Å². The van der Waals surface area contributed by atoms with Gasteiger partial charge < -0.3 is 5.21 Å². The molecule has 0 aliphatic rings. The molecule has 0 saturated heterocycles. The van der Waals surface area contributed by atoms with Crippen LogP contribution in [0.15, 0.2) is 84.9 Å². The minimum absolute atomic E-state index is 0.694. The Morgan fingerprint density at radius 3 is 2.19 bits per heavy atom. The summed E-state index contributed by atoms with van der Waals surface area (Å²) >= 11 is 0. The van der Waals surface area contributed by atoms with Crippen molar-refractivity contribution in [1.29, 1.82) is 0 Å². The SMILES string of the molecule is Cc1cc(/C(=C/c2ccccc2)c2ccccc2)c2c(ccc(C)[n+]2[O-])c1. The maximum absolute atomic E-state index is 12.9. The fourth-order valence-corrected chi connectivity index (χ4v) is 3.47. The maximum atomic E-state index is 12.9. The number of aryl methyl sites for hydroxylation is 2. The lowest BCUT2D eigenvalue weighted by atomic mass is 9.92. The number of rotatable bonds is 3. The number of aromatic nitrogens is 1. The molecular formula is C25H21NO. The van der Waals surface area contributed by atoms with Gasteiger partial charge in [0.25, 0.3) is 0 Å². The van der Waals surface area contributed by atoms with Crippen LogP contribution in [0.3, 0.4) is 0 Å². The summed E-state index contributed by atoms with van der Waals surface area (Å²) in [6, 6.07) is 28.6. The fourth-order valence-electron chi connectivity index (χ4n) is 3.47. The topological polar surface area (TPSA) is 26.9 Å². The molecule has 0 unspecified atom stereocenters. The summed E-state index contributed by atoms with van der Waals surface area (Å²) in [5, 5.41) is 13.9. The van der Waals surface area contributed by atoms with Gasteiger partial charge in [-0.15, -0.1) is 0 Å². The van der Waals surface area contributed by atoms with E-state index >= 15 is 0 Å². The largest absolute Gasteiger partial charge is 0.618 e. The molecule has 1 heterocycles. The number of hydrogen-bond donors (Lipinski definition) is 0. The van der Waals surface area contributed by atoms with Gasteiger partial charge in [0.2, 0.25) is 5.52 Å². The van der Waals surface area contributed by atoms with Crippen molar-refractivity contribution in [2.24, 2.45) is 0 Å². The van der Waals surface area contributed by atoms with Crippen molar-refractivity contribution in [1.82, 2.24) is 0 Å². The van der Waals surface area contributed by atoms with E-state index in [1.165, 1.54) is 0 Å². The normalized spacial score (nSPS) is 11.7. The summed E-state index contributed by atoms with van der Waals surface area (Å²) in [5.41, 5.74) is 6.75. The third-order valence-electron chi connectivity index (χ3n) is 4.80. The summed E-state index contributed by atoms with van der Waals surface area (Å²) in [6.45, 7) is 3.92. The predicted molar refractivity (Wildman–Crippen MR) is 112 cm³/mol. The van der Waals surface area contributed by atoms with Gasteiger partial charge in [-0.2, -0.15) is 4.73 Å². The molecule has 2 nitrogen and oxygen atoms in total. The number of pyridine rings is 1. The van der Waals surface area contributed by atoms with Crippen molar-refractivity contribution in [2.75, 3.05) is 0 Å². The molecule has 0 amide bonds. The third kappa shape index (κ3) is 3.34. The monoisotopic (exact) mass is 351 g/mol. The molecular weight excluding hydrogens is 330 g/mol. The van der Waals surface area contributed by atoms with Gasteiger partial charge in [-0.3, -0.25) is 0 Å². The lowest BCUT2D eigenvalue weighted by molar-refractivity contribution is -0.584. The van der Waals surface area contributed by atoms with Gasteiger partial charge in [-0.05, 0) is 53.5 Å². The van der Waals surface area contributed by atoms with Gasteiger partial charge in [-0.25, -0.2) is 0 Å². The highest BCUT2D eigenvalue weighted by Gasteiger charge is 2.18. The van der Waals surface area contributed by atoms with Gasteiger partial charge >= 0.3 is 0 Å². The number of benzene rings is 3. The van der Waals surface area contributed by atoms with E-state index in [2.05, 4.69) is 49.4 Å². The zero-order chi connectivity index (χ0) is 18.8. The van der Waals surface area contributed by atoms with Gasteiger partial charge in [-0.1, -0.05) is 60.7 Å². The van der Waals surface area contributed by atoms with Crippen LogP contribution in [0, 0.1) is 19.1 Å². The first-order valence-corrected chi connectivity index (χ1v) is 9.09. The van der Waals surface area contributed by atoms with Gasteiger partial charge in [0.15, 0.2) is 5.69 Å². The Balaban J connectivity index is 2.07. The van der Waals surface area contributed by atoms with E-state index in [0.29, 0.717) is 11.2 Å². The smallest absolute Gasteiger partial charge is 0.231 e. The first-order chi connectivity index (χ1) is 13.1. The first-order valence-electron chi connectivity index (χ1n) is 9.09. The molecule has 4 rings (SSSR count). The van der Waals surface area contributed by atoms with Crippen molar-refractivity contribution in [3.8, 4) is 0 Å². The minimum Gasteiger partial charge on any atom is -0.618 e. The summed E-state index contributed by atoms with van der Waals surface area (Å²) in [6.07, 6.45) is 2.16. The van der Waals surface area contributed by atoms with Gasteiger partial charge in [0, 0.05) is 18.4 Å². The maximum Gasteiger partial charge on any atom is 0.231 e. The molecule has 0 atom stereocenters. The van der Waals surface area contributed by atoms with Gasteiger partial charge in [0.1, 0.15) is 0 Å². The van der Waals surface area contributed by atoms with Crippen LogP contribution in [-0.4, -0.2) is 0 Å². The van der Waals surface area contributed by atoms with E-state index in [1.54, 1.807) is 0 Å². The Bertz CT molecular complexity index is 1130. The number of nitrogens with zero attached hydrogens (tertiary/aromatic N) is 1. The molecule has 0 aliphatic carbocycles. The number of hydrogen-bond acceptors (Lipinski definition) is 1. The van der Waals surface area contributed by atoms with Crippen molar-refractivity contribution < 1.29 is 4.73 Å².